The first kappa shape index (κ1) is 21.1. The van der Waals surface area contributed by atoms with Gasteiger partial charge in [0.05, 0.1) is 0 Å². The second kappa shape index (κ2) is 8.19. The molecule has 1 aliphatic carbocycles. The molecule has 156 valence electrons. The molecule has 0 aliphatic heterocycles. The largest absolute Gasteiger partial charge is 0.0683 e. The van der Waals surface area contributed by atoms with Crippen molar-refractivity contribution in [2.45, 2.75) is 47.0 Å². The standard InChI is InChI=1S/C27H20.2C2H6/c1-27(2)24-16-18-10-4-3-9-17(18)15-23(24)25-21-13-7-5-11-19(21)20-12-6-8-14-22(20)26(25)27;2*1-2/h3-16H,1-2H3;2*1-2H3. The summed E-state index contributed by atoms with van der Waals surface area (Å²) in [6.45, 7) is 12.8. The predicted octanol–water partition coefficient (Wildman–Crippen LogP) is 9.50. The van der Waals surface area contributed by atoms with E-state index in [-0.39, 0.29) is 5.41 Å². The predicted molar refractivity (Wildman–Crippen MR) is 139 cm³/mol. The average Bonchev–Trinajstić information content (AvgIpc) is 3.07. The minimum atomic E-state index is -0.0155. The van der Waals surface area contributed by atoms with Crippen LogP contribution < -0.4 is 0 Å². The topological polar surface area (TPSA) is 0 Å². The van der Waals surface area contributed by atoms with Crippen molar-refractivity contribution in [3.05, 3.63) is 96.1 Å². The van der Waals surface area contributed by atoms with E-state index in [1.54, 1.807) is 0 Å². The number of hydrogen-bond donors (Lipinski definition) is 0. The second-order valence-corrected chi connectivity index (χ2v) is 8.21. The molecule has 0 saturated carbocycles. The Labute approximate surface area is 186 Å². The Hall–Kier alpha value is -3.12. The van der Waals surface area contributed by atoms with Gasteiger partial charge < -0.3 is 0 Å². The molecule has 0 bridgehead atoms. The molecule has 31 heavy (non-hydrogen) atoms. The first-order chi connectivity index (χ1) is 15.2. The molecular weight excluding hydrogens is 372 g/mol. The van der Waals surface area contributed by atoms with Crippen LogP contribution in [0.5, 0.6) is 0 Å². The lowest BCUT2D eigenvalue weighted by Crippen LogP contribution is -2.15. The third-order valence-electron chi connectivity index (χ3n) is 6.39. The van der Waals surface area contributed by atoms with E-state index < -0.39 is 0 Å². The minimum Gasteiger partial charge on any atom is -0.0683 e. The fraction of sp³-hybridized carbons (Fsp3) is 0.226. The van der Waals surface area contributed by atoms with Gasteiger partial charge in [-0.3, -0.25) is 0 Å². The molecule has 0 fully saturated rings. The Kier molecular flexibility index (Phi) is 5.58. The molecule has 0 heterocycles. The van der Waals surface area contributed by atoms with Gasteiger partial charge in [-0.1, -0.05) is 114 Å². The summed E-state index contributed by atoms with van der Waals surface area (Å²) in [5, 5.41) is 8.11. The van der Waals surface area contributed by atoms with Gasteiger partial charge in [0, 0.05) is 5.41 Å². The summed E-state index contributed by atoms with van der Waals surface area (Å²) in [5.74, 6) is 0. The first-order valence-electron chi connectivity index (χ1n) is 11.6. The fourth-order valence-electron chi connectivity index (χ4n) is 5.17. The van der Waals surface area contributed by atoms with Crippen LogP contribution >= 0.6 is 0 Å². The van der Waals surface area contributed by atoms with E-state index in [0.717, 1.165) is 0 Å². The third-order valence-corrected chi connectivity index (χ3v) is 6.39. The van der Waals surface area contributed by atoms with E-state index >= 15 is 0 Å². The van der Waals surface area contributed by atoms with E-state index in [1.165, 1.54) is 54.6 Å². The van der Waals surface area contributed by atoms with E-state index in [4.69, 9.17) is 0 Å². The highest BCUT2D eigenvalue weighted by Crippen LogP contribution is 2.55. The van der Waals surface area contributed by atoms with Gasteiger partial charge >= 0.3 is 0 Å². The van der Waals surface area contributed by atoms with Crippen LogP contribution in [-0.4, -0.2) is 0 Å². The zero-order valence-corrected chi connectivity index (χ0v) is 19.6. The molecule has 0 nitrogen and oxygen atoms in total. The number of rotatable bonds is 0. The molecule has 0 aromatic heterocycles. The fourth-order valence-corrected chi connectivity index (χ4v) is 5.17. The second-order valence-electron chi connectivity index (χ2n) is 8.21. The zero-order valence-electron chi connectivity index (χ0n) is 19.6. The van der Waals surface area contributed by atoms with Crippen molar-refractivity contribution < 1.29 is 0 Å². The van der Waals surface area contributed by atoms with Crippen LogP contribution in [0.1, 0.15) is 52.7 Å². The van der Waals surface area contributed by atoms with E-state index in [2.05, 4.69) is 98.8 Å². The normalized spacial score (nSPS) is 13.1. The van der Waals surface area contributed by atoms with Crippen molar-refractivity contribution in [2.24, 2.45) is 0 Å². The summed E-state index contributed by atoms with van der Waals surface area (Å²) in [4.78, 5) is 0. The molecule has 0 atom stereocenters. The molecule has 0 amide bonds. The van der Waals surface area contributed by atoms with E-state index in [9.17, 15) is 0 Å². The van der Waals surface area contributed by atoms with E-state index in [1.807, 2.05) is 27.7 Å². The summed E-state index contributed by atoms with van der Waals surface area (Å²) in [6.07, 6.45) is 0. The quantitative estimate of drug-likeness (QED) is 0.225. The van der Waals surface area contributed by atoms with Crippen LogP contribution in [0.25, 0.3) is 43.4 Å². The summed E-state index contributed by atoms with van der Waals surface area (Å²) < 4.78 is 0. The molecule has 0 N–H and O–H groups in total. The van der Waals surface area contributed by atoms with Crippen molar-refractivity contribution in [1.29, 1.82) is 0 Å². The molecule has 0 heteroatoms. The van der Waals surface area contributed by atoms with Crippen molar-refractivity contribution in [3.8, 4) is 11.1 Å². The molecule has 5 aromatic carbocycles. The van der Waals surface area contributed by atoms with Gasteiger partial charge in [-0.25, -0.2) is 0 Å². The Balaban J connectivity index is 0.000000549. The van der Waals surface area contributed by atoms with Gasteiger partial charge in [0.15, 0.2) is 0 Å². The highest BCUT2D eigenvalue weighted by Gasteiger charge is 2.38. The van der Waals surface area contributed by atoms with Gasteiger partial charge in [-0.15, -0.1) is 0 Å². The molecule has 0 saturated heterocycles. The number of benzene rings is 5. The molecular formula is C31H32. The smallest absolute Gasteiger partial charge is 0.0165 e. The van der Waals surface area contributed by atoms with Crippen molar-refractivity contribution in [3.63, 3.8) is 0 Å². The Morgan fingerprint density at radius 1 is 0.516 bits per heavy atom. The number of hydrogen-bond acceptors (Lipinski definition) is 0. The molecule has 0 unspecified atom stereocenters. The van der Waals surface area contributed by atoms with Crippen molar-refractivity contribution in [1.82, 2.24) is 0 Å². The van der Waals surface area contributed by atoms with Crippen LogP contribution in [0.2, 0.25) is 0 Å². The maximum atomic E-state index is 2.41. The monoisotopic (exact) mass is 404 g/mol. The van der Waals surface area contributed by atoms with Gasteiger partial charge in [0.2, 0.25) is 0 Å². The summed E-state index contributed by atoms with van der Waals surface area (Å²) in [7, 11) is 0. The highest BCUT2D eigenvalue weighted by atomic mass is 14.4. The molecule has 0 radical (unpaired) electrons. The molecule has 5 aromatic rings. The lowest BCUT2D eigenvalue weighted by Gasteiger charge is -2.24. The number of fused-ring (bicyclic) bond motifs is 9. The Morgan fingerprint density at radius 2 is 0.968 bits per heavy atom. The SMILES string of the molecule is CC.CC.CC1(C)c2cc3ccccc3cc2-c2c1c1ccccc1c1ccccc21. The Bertz CT molecular complexity index is 1390. The summed E-state index contributed by atoms with van der Waals surface area (Å²) in [5.41, 5.74) is 5.73. The van der Waals surface area contributed by atoms with Gasteiger partial charge in [0.1, 0.15) is 0 Å². The highest BCUT2D eigenvalue weighted by molar-refractivity contribution is 6.18. The lowest BCUT2D eigenvalue weighted by atomic mass is 9.79. The lowest BCUT2D eigenvalue weighted by molar-refractivity contribution is 0.667. The average molecular weight is 405 g/mol. The van der Waals surface area contributed by atoms with Crippen LogP contribution in [0, 0.1) is 0 Å². The van der Waals surface area contributed by atoms with Gasteiger partial charge in [-0.2, -0.15) is 0 Å². The minimum absolute atomic E-state index is 0.0155. The first-order valence-corrected chi connectivity index (χ1v) is 11.6. The zero-order chi connectivity index (χ0) is 22.2. The maximum Gasteiger partial charge on any atom is 0.0165 e. The summed E-state index contributed by atoms with van der Waals surface area (Å²) in [6, 6.07) is 31.3. The molecule has 6 rings (SSSR count). The van der Waals surface area contributed by atoms with E-state index in [0.29, 0.717) is 0 Å². The third kappa shape index (κ3) is 3.05. The Morgan fingerprint density at radius 3 is 1.58 bits per heavy atom. The molecule has 0 spiro atoms. The maximum absolute atomic E-state index is 2.41. The van der Waals surface area contributed by atoms with Crippen molar-refractivity contribution in [2.75, 3.05) is 0 Å². The van der Waals surface area contributed by atoms with Crippen LogP contribution in [0.15, 0.2) is 84.9 Å². The van der Waals surface area contributed by atoms with Crippen LogP contribution in [0.4, 0.5) is 0 Å². The van der Waals surface area contributed by atoms with Gasteiger partial charge in [0.25, 0.3) is 0 Å². The van der Waals surface area contributed by atoms with Gasteiger partial charge in [-0.05, 0) is 66.7 Å². The molecule has 1 aliphatic rings. The van der Waals surface area contributed by atoms with Crippen LogP contribution in [-0.2, 0) is 5.41 Å². The van der Waals surface area contributed by atoms with Crippen LogP contribution in [0.3, 0.4) is 0 Å². The summed E-state index contributed by atoms with van der Waals surface area (Å²) >= 11 is 0. The van der Waals surface area contributed by atoms with Crippen molar-refractivity contribution >= 4 is 32.3 Å².